The number of amides is 1. The van der Waals surface area contributed by atoms with Crippen molar-refractivity contribution >= 4 is 12.1 Å². The average molecular weight is 240 g/mol. The highest BCUT2D eigenvalue weighted by molar-refractivity contribution is 6.03. The fourth-order valence-corrected chi connectivity index (χ4v) is 1.44. The summed E-state index contributed by atoms with van der Waals surface area (Å²) in [6.07, 6.45) is 2.70. The molecule has 2 rings (SSSR count). The molecule has 17 heavy (non-hydrogen) atoms. The molecule has 2 aliphatic rings. The van der Waals surface area contributed by atoms with Crippen LogP contribution >= 0.6 is 0 Å². The first kappa shape index (κ1) is 11.4. The lowest BCUT2D eigenvalue weighted by Crippen LogP contribution is -2.24. The number of dihydropyridines is 2. The highest BCUT2D eigenvalue weighted by Gasteiger charge is 2.37. The number of halogens is 3. The molecule has 0 saturated heterocycles. The van der Waals surface area contributed by atoms with Gasteiger partial charge in [-0.2, -0.15) is 13.2 Å². The molecule has 3 nitrogen and oxygen atoms in total. The summed E-state index contributed by atoms with van der Waals surface area (Å²) in [4.78, 5) is 14.2. The van der Waals surface area contributed by atoms with E-state index in [-0.39, 0.29) is 11.3 Å². The van der Waals surface area contributed by atoms with Gasteiger partial charge in [0.15, 0.2) is 0 Å². The Balaban J connectivity index is 2.46. The molecule has 0 spiro atoms. The van der Waals surface area contributed by atoms with Crippen LogP contribution in [-0.2, 0) is 4.79 Å². The van der Waals surface area contributed by atoms with Crippen molar-refractivity contribution in [1.82, 2.24) is 5.32 Å². The number of hydrogen-bond donors (Lipinski definition) is 1. The molecule has 88 valence electrons. The average Bonchev–Trinajstić information content (AvgIpc) is 2.29. The van der Waals surface area contributed by atoms with Crippen LogP contribution in [0.5, 0.6) is 0 Å². The van der Waals surface area contributed by atoms with Crippen LogP contribution in [0, 0.1) is 0 Å². The smallest absolute Gasteiger partial charge is 0.361 e. The second-order valence-corrected chi connectivity index (χ2v) is 3.34. The highest BCUT2D eigenvalue weighted by Crippen LogP contribution is 2.33. The molecule has 0 aromatic heterocycles. The lowest BCUT2D eigenvalue weighted by Gasteiger charge is -2.19. The van der Waals surface area contributed by atoms with Gasteiger partial charge in [-0.05, 0) is 18.2 Å². The molecule has 0 bridgehead atoms. The van der Waals surface area contributed by atoms with E-state index >= 15 is 0 Å². The van der Waals surface area contributed by atoms with Crippen LogP contribution in [0.15, 0.2) is 52.3 Å². The molecule has 0 aromatic carbocycles. The largest absolute Gasteiger partial charge is 0.418 e. The van der Waals surface area contributed by atoms with E-state index < -0.39 is 17.7 Å². The topological polar surface area (TPSA) is 41.5 Å². The minimum Gasteiger partial charge on any atom is -0.361 e. The fourth-order valence-electron chi connectivity index (χ4n) is 1.44. The van der Waals surface area contributed by atoms with Crippen LogP contribution in [0.4, 0.5) is 13.2 Å². The maximum atomic E-state index is 12.7. The van der Waals surface area contributed by atoms with Gasteiger partial charge in [-0.15, -0.1) is 0 Å². The van der Waals surface area contributed by atoms with Crippen molar-refractivity contribution in [3.05, 3.63) is 47.3 Å². The second kappa shape index (κ2) is 4.04. The Bertz CT molecular complexity index is 489. The van der Waals surface area contributed by atoms with E-state index in [1.807, 2.05) is 0 Å². The van der Waals surface area contributed by atoms with E-state index in [1.54, 1.807) is 0 Å². The van der Waals surface area contributed by atoms with E-state index in [0.29, 0.717) is 0 Å². The quantitative estimate of drug-likeness (QED) is 0.703. The van der Waals surface area contributed by atoms with Crippen molar-refractivity contribution in [3.8, 4) is 0 Å². The van der Waals surface area contributed by atoms with Crippen molar-refractivity contribution in [2.75, 3.05) is 0 Å². The molecular weight excluding hydrogens is 233 g/mol. The number of alkyl halides is 3. The summed E-state index contributed by atoms with van der Waals surface area (Å²) in [6, 6.07) is 0. The fraction of sp³-hybridized carbons (Fsp3) is 0.0909. The molecule has 6 heteroatoms. The van der Waals surface area contributed by atoms with Gasteiger partial charge in [-0.3, -0.25) is 4.79 Å². The number of rotatable bonds is 0. The van der Waals surface area contributed by atoms with E-state index in [0.717, 1.165) is 18.4 Å². The SMILES string of the molecule is O=C1C=CC(=C2NC=CC=C2C(F)(F)F)C=N1. The molecule has 0 aliphatic carbocycles. The molecule has 1 N–H and O–H groups in total. The minimum absolute atomic E-state index is 0.104. The Morgan fingerprint density at radius 1 is 1.24 bits per heavy atom. The number of carbonyl (C=O) groups excluding carboxylic acids is 1. The highest BCUT2D eigenvalue weighted by atomic mass is 19.4. The van der Waals surface area contributed by atoms with Gasteiger partial charge in [0.25, 0.3) is 5.91 Å². The van der Waals surface area contributed by atoms with Gasteiger partial charge in [0.1, 0.15) is 0 Å². The van der Waals surface area contributed by atoms with Crippen LogP contribution in [0.25, 0.3) is 0 Å². The zero-order chi connectivity index (χ0) is 12.5. The van der Waals surface area contributed by atoms with Gasteiger partial charge >= 0.3 is 6.18 Å². The summed E-state index contributed by atoms with van der Waals surface area (Å²) in [5, 5.41) is 2.52. The Kier molecular flexibility index (Phi) is 2.71. The summed E-state index contributed by atoms with van der Waals surface area (Å²) in [5.41, 5.74) is -0.675. The summed E-state index contributed by atoms with van der Waals surface area (Å²) < 4.78 is 38.1. The maximum Gasteiger partial charge on any atom is 0.418 e. The first-order valence-electron chi connectivity index (χ1n) is 4.70. The lowest BCUT2D eigenvalue weighted by molar-refractivity contribution is -0.113. The van der Waals surface area contributed by atoms with Crippen LogP contribution < -0.4 is 5.32 Å². The molecule has 0 radical (unpaired) electrons. The maximum absolute atomic E-state index is 12.7. The molecule has 0 atom stereocenters. The van der Waals surface area contributed by atoms with E-state index in [9.17, 15) is 18.0 Å². The number of allylic oxidation sites excluding steroid dienone is 5. The Morgan fingerprint density at radius 3 is 2.59 bits per heavy atom. The second-order valence-electron chi connectivity index (χ2n) is 3.34. The van der Waals surface area contributed by atoms with Gasteiger partial charge in [0.2, 0.25) is 0 Å². The standard InChI is InChI=1S/C11H7F3N2O/c12-11(13,14)8-2-1-5-15-10(8)7-3-4-9(17)16-6-7/h1-6,15H. The van der Waals surface area contributed by atoms with Crippen molar-refractivity contribution in [2.24, 2.45) is 4.99 Å². The monoisotopic (exact) mass is 240 g/mol. The van der Waals surface area contributed by atoms with Gasteiger partial charge in [-0.25, -0.2) is 4.99 Å². The number of nitrogens with one attached hydrogen (secondary N) is 1. The third kappa shape index (κ3) is 2.35. The predicted molar refractivity (Wildman–Crippen MR) is 56.1 cm³/mol. The van der Waals surface area contributed by atoms with Crippen LogP contribution in [0.2, 0.25) is 0 Å². The Labute approximate surface area is 94.7 Å². The zero-order valence-corrected chi connectivity index (χ0v) is 8.45. The molecule has 2 heterocycles. The number of aliphatic imine (C=N–C) groups is 1. The van der Waals surface area contributed by atoms with Gasteiger partial charge in [0, 0.05) is 24.1 Å². The van der Waals surface area contributed by atoms with Gasteiger partial charge < -0.3 is 5.32 Å². The minimum atomic E-state index is -4.46. The third-order valence-electron chi connectivity index (χ3n) is 2.19. The normalized spacial score (nSPS) is 23.7. The Hall–Kier alpha value is -2.11. The third-order valence-corrected chi connectivity index (χ3v) is 2.19. The molecule has 0 unspecified atom stereocenters. The summed E-state index contributed by atoms with van der Waals surface area (Å²) in [6.45, 7) is 0. The van der Waals surface area contributed by atoms with E-state index in [1.165, 1.54) is 18.4 Å². The number of nitrogens with zero attached hydrogens (tertiary/aromatic N) is 1. The van der Waals surface area contributed by atoms with Crippen LogP contribution in [0.1, 0.15) is 0 Å². The van der Waals surface area contributed by atoms with Crippen molar-refractivity contribution in [1.29, 1.82) is 0 Å². The summed E-state index contributed by atoms with van der Waals surface area (Å²) in [7, 11) is 0. The van der Waals surface area contributed by atoms with Crippen molar-refractivity contribution < 1.29 is 18.0 Å². The lowest BCUT2D eigenvalue weighted by atomic mass is 10.0. The van der Waals surface area contributed by atoms with Crippen LogP contribution in [0.3, 0.4) is 0 Å². The van der Waals surface area contributed by atoms with Crippen molar-refractivity contribution in [2.45, 2.75) is 6.18 Å². The van der Waals surface area contributed by atoms with E-state index in [2.05, 4.69) is 10.3 Å². The zero-order valence-electron chi connectivity index (χ0n) is 8.45. The predicted octanol–water partition coefficient (Wildman–Crippen LogP) is 2.01. The first-order chi connectivity index (χ1) is 7.98. The van der Waals surface area contributed by atoms with Gasteiger partial charge in [-0.1, -0.05) is 0 Å². The molecular formula is C11H7F3N2O. The molecule has 2 aliphatic heterocycles. The van der Waals surface area contributed by atoms with E-state index in [4.69, 9.17) is 0 Å². The van der Waals surface area contributed by atoms with Crippen LogP contribution in [-0.4, -0.2) is 18.3 Å². The number of carbonyl (C=O) groups is 1. The first-order valence-corrected chi connectivity index (χ1v) is 4.70. The summed E-state index contributed by atoms with van der Waals surface area (Å²) >= 11 is 0. The molecule has 0 fully saturated rings. The molecule has 1 amide bonds. The van der Waals surface area contributed by atoms with Crippen molar-refractivity contribution in [3.63, 3.8) is 0 Å². The summed E-state index contributed by atoms with van der Waals surface area (Å²) in [5.74, 6) is -0.488. The molecule has 0 saturated carbocycles. The van der Waals surface area contributed by atoms with Gasteiger partial charge in [0.05, 0.1) is 11.3 Å². The molecule has 0 aromatic rings. The number of hydrogen-bond acceptors (Lipinski definition) is 2. The Morgan fingerprint density at radius 2 is 2.00 bits per heavy atom.